The van der Waals surface area contributed by atoms with Gasteiger partial charge in [0.2, 0.25) is 17.7 Å². The molecule has 2 saturated carbocycles. The van der Waals surface area contributed by atoms with Crippen LogP contribution in [-0.2, 0) is 20.8 Å². The van der Waals surface area contributed by atoms with Gasteiger partial charge < -0.3 is 5.32 Å². The van der Waals surface area contributed by atoms with Crippen LogP contribution in [0.4, 0.5) is 5.69 Å². The third-order valence-electron chi connectivity index (χ3n) is 7.77. The normalized spacial score (nSPS) is 31.9. The summed E-state index contributed by atoms with van der Waals surface area (Å²) < 4.78 is 0. The first-order valence-corrected chi connectivity index (χ1v) is 12.0. The molecule has 3 fully saturated rings. The second-order valence-electron chi connectivity index (χ2n) is 9.52. The maximum Gasteiger partial charge on any atom is 0.248 e. The van der Waals surface area contributed by atoms with E-state index in [0.29, 0.717) is 27.6 Å². The summed E-state index contributed by atoms with van der Waals surface area (Å²) in [7, 11) is 0. The standard InChI is InChI=1S/C26H22Cl2N2O3/c27-14-6-9-20(19(28)11-14)29-24(31)21(10-13-4-2-1-3-5-13)30-25(32)22-15-7-8-16(18-12-17(15)18)23(22)26(30)33/h1-9,11,15-18,21-23H,10,12H2,(H,29,31)/t15-,16-,17-,18+,21-,22+,23+/m0/s1. The van der Waals surface area contributed by atoms with Gasteiger partial charge in [0.1, 0.15) is 6.04 Å². The van der Waals surface area contributed by atoms with Gasteiger partial charge in [0.05, 0.1) is 22.5 Å². The number of halogens is 2. The zero-order valence-corrected chi connectivity index (χ0v) is 19.2. The number of nitrogens with zero attached hydrogens (tertiary/aromatic N) is 1. The van der Waals surface area contributed by atoms with Gasteiger partial charge in [0.15, 0.2) is 0 Å². The Morgan fingerprint density at radius 1 is 0.970 bits per heavy atom. The van der Waals surface area contributed by atoms with E-state index in [-0.39, 0.29) is 41.9 Å². The Hall–Kier alpha value is -2.63. The van der Waals surface area contributed by atoms with Crippen molar-refractivity contribution in [2.24, 2.45) is 35.5 Å². The second kappa shape index (κ2) is 7.71. The summed E-state index contributed by atoms with van der Waals surface area (Å²) in [5.41, 5.74) is 1.27. The Morgan fingerprint density at radius 2 is 1.61 bits per heavy atom. The van der Waals surface area contributed by atoms with Crippen molar-refractivity contribution in [3.05, 3.63) is 76.3 Å². The lowest BCUT2D eigenvalue weighted by atomic mass is 9.63. The van der Waals surface area contributed by atoms with Crippen molar-refractivity contribution in [2.45, 2.75) is 18.9 Å². The molecule has 2 aromatic rings. The Kier molecular flexibility index (Phi) is 4.89. The highest BCUT2D eigenvalue weighted by atomic mass is 35.5. The molecule has 2 aromatic carbocycles. The maximum absolute atomic E-state index is 13.7. The van der Waals surface area contributed by atoms with Gasteiger partial charge >= 0.3 is 0 Å². The summed E-state index contributed by atoms with van der Waals surface area (Å²) in [5.74, 6) is -0.326. The summed E-state index contributed by atoms with van der Waals surface area (Å²) in [6, 6.07) is 13.3. The molecular weight excluding hydrogens is 459 g/mol. The molecule has 0 spiro atoms. The van der Waals surface area contributed by atoms with Crippen LogP contribution in [-0.4, -0.2) is 28.7 Å². The predicted molar refractivity (Wildman–Crippen MR) is 126 cm³/mol. The van der Waals surface area contributed by atoms with Crippen molar-refractivity contribution in [3.8, 4) is 0 Å². The lowest BCUT2D eigenvalue weighted by molar-refractivity contribution is -0.146. The largest absolute Gasteiger partial charge is 0.323 e. The van der Waals surface area contributed by atoms with Gasteiger partial charge in [-0.3, -0.25) is 19.3 Å². The Morgan fingerprint density at radius 3 is 2.21 bits per heavy atom. The van der Waals surface area contributed by atoms with Crippen LogP contribution in [0.25, 0.3) is 0 Å². The maximum atomic E-state index is 13.7. The first kappa shape index (κ1) is 20.9. The molecule has 0 radical (unpaired) electrons. The third-order valence-corrected chi connectivity index (χ3v) is 8.32. The molecule has 3 amide bonds. The minimum atomic E-state index is -0.958. The zero-order chi connectivity index (χ0) is 22.9. The summed E-state index contributed by atoms with van der Waals surface area (Å²) in [4.78, 5) is 42.1. The number of carbonyl (C=O) groups is 3. The molecule has 0 aromatic heterocycles. The lowest BCUT2D eigenvalue weighted by Gasteiger charge is -2.37. The molecule has 1 aliphatic heterocycles. The van der Waals surface area contributed by atoms with Gasteiger partial charge in [-0.1, -0.05) is 65.7 Å². The fourth-order valence-corrected chi connectivity index (χ4v) is 6.69. The van der Waals surface area contributed by atoms with Crippen molar-refractivity contribution >= 4 is 46.6 Å². The fourth-order valence-electron chi connectivity index (χ4n) is 6.23. The lowest BCUT2D eigenvalue weighted by Crippen LogP contribution is -2.49. The number of amides is 3. The van der Waals surface area contributed by atoms with E-state index < -0.39 is 11.9 Å². The number of rotatable bonds is 5. The highest BCUT2D eigenvalue weighted by molar-refractivity contribution is 6.36. The van der Waals surface area contributed by atoms with Crippen molar-refractivity contribution in [2.75, 3.05) is 5.32 Å². The fraction of sp³-hybridized carbons (Fsp3) is 0.346. The number of likely N-dealkylation sites (tertiary alicyclic amines) is 1. The van der Waals surface area contributed by atoms with Crippen molar-refractivity contribution in [3.63, 3.8) is 0 Å². The average Bonchev–Trinajstić information content (AvgIpc) is 3.59. The van der Waals surface area contributed by atoms with E-state index >= 15 is 0 Å². The van der Waals surface area contributed by atoms with Gasteiger partial charge in [-0.25, -0.2) is 0 Å². The third kappa shape index (κ3) is 3.32. The molecule has 1 N–H and O–H groups in total. The molecule has 168 valence electrons. The number of benzene rings is 2. The Labute approximate surface area is 201 Å². The van der Waals surface area contributed by atoms with Crippen LogP contribution in [0.15, 0.2) is 60.7 Å². The van der Waals surface area contributed by atoms with Crippen LogP contribution in [0.1, 0.15) is 12.0 Å². The molecule has 7 rings (SSSR count). The van der Waals surface area contributed by atoms with Gasteiger partial charge in [-0.05, 0) is 53.9 Å². The van der Waals surface area contributed by atoms with E-state index in [4.69, 9.17) is 23.2 Å². The Bertz CT molecular complexity index is 1160. The molecule has 7 heteroatoms. The van der Waals surface area contributed by atoms with Gasteiger partial charge in [0.25, 0.3) is 0 Å². The quantitative estimate of drug-likeness (QED) is 0.502. The number of hydrogen-bond acceptors (Lipinski definition) is 3. The molecule has 5 nitrogen and oxygen atoms in total. The van der Waals surface area contributed by atoms with Crippen molar-refractivity contribution in [1.82, 2.24) is 4.90 Å². The highest BCUT2D eigenvalue weighted by Crippen LogP contribution is 2.65. The molecule has 5 aliphatic rings. The zero-order valence-electron chi connectivity index (χ0n) is 17.7. The number of allylic oxidation sites excluding steroid dienone is 2. The van der Waals surface area contributed by atoms with Crippen LogP contribution < -0.4 is 5.32 Å². The van der Waals surface area contributed by atoms with Crippen LogP contribution in [0, 0.1) is 35.5 Å². The number of imide groups is 1. The van der Waals surface area contributed by atoms with Crippen LogP contribution in [0.5, 0.6) is 0 Å². The topological polar surface area (TPSA) is 66.5 Å². The highest BCUT2D eigenvalue weighted by Gasteiger charge is 2.67. The molecule has 1 heterocycles. The van der Waals surface area contributed by atoms with Crippen LogP contribution in [0.3, 0.4) is 0 Å². The number of carbonyl (C=O) groups excluding carboxylic acids is 3. The van der Waals surface area contributed by atoms with E-state index in [1.165, 1.54) is 4.90 Å². The molecule has 4 aliphatic carbocycles. The van der Waals surface area contributed by atoms with Gasteiger partial charge in [-0.2, -0.15) is 0 Å². The smallest absolute Gasteiger partial charge is 0.248 e. The van der Waals surface area contributed by atoms with Gasteiger partial charge in [0, 0.05) is 11.4 Å². The summed E-state index contributed by atoms with van der Waals surface area (Å²) >= 11 is 12.3. The molecule has 0 unspecified atom stereocenters. The van der Waals surface area contributed by atoms with E-state index in [1.807, 2.05) is 30.3 Å². The van der Waals surface area contributed by atoms with Crippen molar-refractivity contribution in [1.29, 1.82) is 0 Å². The Balaban J connectivity index is 1.34. The number of anilines is 1. The van der Waals surface area contributed by atoms with Gasteiger partial charge in [-0.15, -0.1) is 0 Å². The van der Waals surface area contributed by atoms with E-state index in [0.717, 1.165) is 12.0 Å². The average molecular weight is 481 g/mol. The molecule has 33 heavy (non-hydrogen) atoms. The number of hydrogen-bond donors (Lipinski definition) is 1. The first-order valence-electron chi connectivity index (χ1n) is 11.3. The van der Waals surface area contributed by atoms with E-state index in [9.17, 15) is 14.4 Å². The SMILES string of the molecule is O=C(Nc1ccc(Cl)cc1Cl)[C@H](Cc1ccccc1)N1C(=O)[C@@H]2[C@H]3C=C[C@@H]([C@@H]4C[C@H]34)[C@H]2C1=O. The first-order chi connectivity index (χ1) is 15.9. The van der Waals surface area contributed by atoms with Crippen molar-refractivity contribution < 1.29 is 14.4 Å². The molecule has 1 saturated heterocycles. The predicted octanol–water partition coefficient (Wildman–Crippen LogP) is 4.60. The van der Waals surface area contributed by atoms with Crippen LogP contribution in [0.2, 0.25) is 10.0 Å². The monoisotopic (exact) mass is 480 g/mol. The summed E-state index contributed by atoms with van der Waals surface area (Å²) in [5, 5.41) is 3.57. The number of nitrogens with one attached hydrogen (secondary N) is 1. The molecule has 2 bridgehead atoms. The summed E-state index contributed by atoms with van der Waals surface area (Å²) in [6.07, 6.45) is 5.60. The van der Waals surface area contributed by atoms with E-state index in [2.05, 4.69) is 17.5 Å². The minimum Gasteiger partial charge on any atom is -0.323 e. The molecule has 7 atom stereocenters. The molecular formula is C26H22Cl2N2O3. The second-order valence-corrected chi connectivity index (χ2v) is 10.4. The minimum absolute atomic E-state index is 0.109. The van der Waals surface area contributed by atoms with Crippen LogP contribution >= 0.6 is 23.2 Å². The summed E-state index contributed by atoms with van der Waals surface area (Å²) in [6.45, 7) is 0. The van der Waals surface area contributed by atoms with E-state index in [1.54, 1.807) is 18.2 Å².